The highest BCUT2D eigenvalue weighted by atomic mass is 79.9. The van der Waals surface area contributed by atoms with Gasteiger partial charge in [0.25, 0.3) is 0 Å². The van der Waals surface area contributed by atoms with Crippen LogP contribution in [0, 0.1) is 17.0 Å². The van der Waals surface area contributed by atoms with E-state index < -0.39 is 23.2 Å². The van der Waals surface area contributed by atoms with Crippen LogP contribution in [0.2, 0.25) is 0 Å². The Morgan fingerprint density at radius 1 is 1.37 bits per heavy atom. The van der Waals surface area contributed by atoms with Crippen molar-refractivity contribution in [2.45, 2.75) is 25.7 Å². The molecule has 0 aliphatic heterocycles. The van der Waals surface area contributed by atoms with Crippen LogP contribution in [0.1, 0.15) is 25.7 Å². The molecule has 0 atom stereocenters. The van der Waals surface area contributed by atoms with Gasteiger partial charge in [-0.2, -0.15) is 0 Å². The Morgan fingerprint density at radius 3 is 2.37 bits per heavy atom. The van der Waals surface area contributed by atoms with Crippen molar-refractivity contribution in [2.24, 2.45) is 11.1 Å². The topological polar surface area (TPSA) is 55.1 Å². The molecule has 0 radical (unpaired) electrons. The van der Waals surface area contributed by atoms with Gasteiger partial charge in [-0.1, -0.05) is 22.4 Å². The average Bonchev–Trinajstić information content (AvgIpc) is 2.28. The average molecular weight is 333 g/mol. The summed E-state index contributed by atoms with van der Waals surface area (Å²) in [7, 11) is 0. The Kier molecular flexibility index (Phi) is 4.20. The molecule has 0 heterocycles. The molecule has 0 saturated heterocycles. The number of hydrogen-bond acceptors (Lipinski definition) is 2. The minimum atomic E-state index is -0.796. The number of rotatable bonds is 4. The molecular weight excluding hydrogens is 318 g/mol. The lowest BCUT2D eigenvalue weighted by Gasteiger charge is -2.40. The first-order valence-corrected chi connectivity index (χ1v) is 6.89. The van der Waals surface area contributed by atoms with Gasteiger partial charge in [-0.3, -0.25) is 4.79 Å². The number of halogens is 3. The quantitative estimate of drug-likeness (QED) is 0.889. The summed E-state index contributed by atoms with van der Waals surface area (Å²) in [6.45, 7) is 0.422. The third-order valence-corrected chi connectivity index (χ3v) is 4.11. The molecule has 1 amide bonds. The molecule has 0 bridgehead atoms. The monoisotopic (exact) mass is 332 g/mol. The fourth-order valence-electron chi connectivity index (χ4n) is 2.32. The van der Waals surface area contributed by atoms with Crippen molar-refractivity contribution in [1.29, 1.82) is 0 Å². The molecule has 1 aliphatic carbocycles. The van der Waals surface area contributed by atoms with Gasteiger partial charge in [0.1, 0.15) is 5.69 Å². The molecule has 1 saturated carbocycles. The van der Waals surface area contributed by atoms with Gasteiger partial charge in [-0.15, -0.1) is 0 Å². The molecule has 0 unspecified atom stereocenters. The van der Waals surface area contributed by atoms with E-state index in [-0.39, 0.29) is 16.3 Å². The van der Waals surface area contributed by atoms with Gasteiger partial charge in [-0.25, -0.2) is 8.78 Å². The number of carbonyl (C=O) groups excluding carboxylic acids is 1. The second kappa shape index (κ2) is 5.54. The summed E-state index contributed by atoms with van der Waals surface area (Å²) >= 11 is 2.98. The lowest BCUT2D eigenvalue weighted by molar-refractivity contribution is -0.119. The normalized spacial score (nSPS) is 16.8. The number of benzene rings is 1. The predicted octanol–water partition coefficient (Wildman–Crippen LogP) is 3.18. The summed E-state index contributed by atoms with van der Waals surface area (Å²) in [6, 6.07) is 2.22. The molecule has 1 fully saturated rings. The first-order chi connectivity index (χ1) is 8.96. The first kappa shape index (κ1) is 14.4. The van der Waals surface area contributed by atoms with Crippen molar-refractivity contribution in [3.63, 3.8) is 0 Å². The van der Waals surface area contributed by atoms with Crippen LogP contribution in [0.3, 0.4) is 0 Å². The standard InChI is InChI=1S/C13H15BrF2N2O/c14-8-4-9(15)12(10(16)5-8)18-11(19)6-13(7-17)2-1-3-13/h4-5H,1-3,6-7,17H2,(H,18,19). The van der Waals surface area contributed by atoms with Crippen LogP contribution in [0.25, 0.3) is 0 Å². The number of hydrogen-bond donors (Lipinski definition) is 2. The predicted molar refractivity (Wildman–Crippen MR) is 72.6 cm³/mol. The molecule has 2 rings (SSSR count). The minimum absolute atomic E-state index is 0.188. The van der Waals surface area contributed by atoms with E-state index in [9.17, 15) is 13.6 Å². The van der Waals surface area contributed by atoms with E-state index in [0.29, 0.717) is 6.54 Å². The van der Waals surface area contributed by atoms with E-state index in [2.05, 4.69) is 21.2 Å². The fraction of sp³-hybridized carbons (Fsp3) is 0.462. The molecule has 3 N–H and O–H groups in total. The minimum Gasteiger partial charge on any atom is -0.330 e. The summed E-state index contributed by atoms with van der Waals surface area (Å²) in [5.74, 6) is -1.99. The summed E-state index contributed by atoms with van der Waals surface area (Å²) in [6.07, 6.45) is 3.04. The van der Waals surface area contributed by atoms with E-state index in [1.54, 1.807) is 0 Å². The Balaban J connectivity index is 2.07. The van der Waals surface area contributed by atoms with Crippen molar-refractivity contribution in [2.75, 3.05) is 11.9 Å². The molecule has 104 valence electrons. The Bertz CT molecular complexity index is 475. The van der Waals surface area contributed by atoms with E-state index in [4.69, 9.17) is 5.73 Å². The molecular formula is C13H15BrF2N2O. The highest BCUT2D eigenvalue weighted by Gasteiger charge is 2.37. The van der Waals surface area contributed by atoms with Crippen LogP contribution in [0.15, 0.2) is 16.6 Å². The third kappa shape index (κ3) is 3.12. The maximum absolute atomic E-state index is 13.6. The summed E-state index contributed by atoms with van der Waals surface area (Å²) in [5, 5.41) is 2.30. The van der Waals surface area contributed by atoms with Crippen LogP contribution >= 0.6 is 15.9 Å². The van der Waals surface area contributed by atoms with E-state index >= 15 is 0 Å². The highest BCUT2D eigenvalue weighted by molar-refractivity contribution is 9.10. The molecule has 19 heavy (non-hydrogen) atoms. The van der Waals surface area contributed by atoms with Gasteiger partial charge in [0.2, 0.25) is 5.91 Å². The smallest absolute Gasteiger partial charge is 0.225 e. The SMILES string of the molecule is NCC1(CC(=O)Nc2c(F)cc(Br)cc2F)CCC1. The maximum Gasteiger partial charge on any atom is 0.225 e. The van der Waals surface area contributed by atoms with Crippen LogP contribution in [-0.4, -0.2) is 12.5 Å². The molecule has 1 aromatic carbocycles. The van der Waals surface area contributed by atoms with Crippen LogP contribution < -0.4 is 11.1 Å². The molecule has 0 spiro atoms. The molecule has 1 aromatic rings. The van der Waals surface area contributed by atoms with Crippen LogP contribution in [-0.2, 0) is 4.79 Å². The van der Waals surface area contributed by atoms with Crippen LogP contribution in [0.5, 0.6) is 0 Å². The van der Waals surface area contributed by atoms with Crippen molar-refractivity contribution in [3.8, 4) is 0 Å². The second-order valence-corrected chi connectivity index (χ2v) is 5.94. The molecule has 1 aliphatic rings. The Labute approximate surface area is 118 Å². The summed E-state index contributed by atoms with van der Waals surface area (Å²) in [4.78, 5) is 11.9. The molecule has 0 aromatic heterocycles. The zero-order chi connectivity index (χ0) is 14.0. The lowest BCUT2D eigenvalue weighted by Crippen LogP contribution is -2.40. The van der Waals surface area contributed by atoms with Crippen molar-refractivity contribution < 1.29 is 13.6 Å². The largest absolute Gasteiger partial charge is 0.330 e. The summed E-state index contributed by atoms with van der Waals surface area (Å²) in [5.41, 5.74) is 5.06. The molecule has 6 heteroatoms. The third-order valence-electron chi connectivity index (χ3n) is 3.65. The number of amides is 1. The van der Waals surface area contributed by atoms with Crippen molar-refractivity contribution in [1.82, 2.24) is 0 Å². The van der Waals surface area contributed by atoms with Crippen molar-refractivity contribution in [3.05, 3.63) is 28.2 Å². The van der Waals surface area contributed by atoms with Gasteiger partial charge in [0.15, 0.2) is 11.6 Å². The number of anilines is 1. The van der Waals surface area contributed by atoms with Gasteiger partial charge < -0.3 is 11.1 Å². The van der Waals surface area contributed by atoms with Crippen LogP contribution in [0.4, 0.5) is 14.5 Å². The van der Waals surface area contributed by atoms with E-state index in [1.165, 1.54) is 0 Å². The van der Waals surface area contributed by atoms with E-state index in [1.807, 2.05) is 0 Å². The Morgan fingerprint density at radius 2 is 1.95 bits per heavy atom. The first-order valence-electron chi connectivity index (χ1n) is 6.10. The zero-order valence-corrected chi connectivity index (χ0v) is 11.9. The fourth-order valence-corrected chi connectivity index (χ4v) is 2.72. The Hall–Kier alpha value is -1.01. The number of nitrogens with one attached hydrogen (secondary N) is 1. The summed E-state index contributed by atoms with van der Waals surface area (Å²) < 4.78 is 27.4. The number of carbonyl (C=O) groups is 1. The lowest BCUT2D eigenvalue weighted by atomic mass is 9.66. The zero-order valence-electron chi connectivity index (χ0n) is 10.3. The van der Waals surface area contributed by atoms with Gasteiger partial charge in [0.05, 0.1) is 0 Å². The van der Waals surface area contributed by atoms with Gasteiger partial charge in [0, 0.05) is 10.9 Å². The maximum atomic E-state index is 13.6. The van der Waals surface area contributed by atoms with Gasteiger partial charge in [-0.05, 0) is 36.9 Å². The molecule has 3 nitrogen and oxygen atoms in total. The highest BCUT2D eigenvalue weighted by Crippen LogP contribution is 2.43. The van der Waals surface area contributed by atoms with E-state index in [0.717, 1.165) is 31.4 Å². The second-order valence-electron chi connectivity index (χ2n) is 5.03. The number of nitrogens with two attached hydrogens (primary N) is 1. The van der Waals surface area contributed by atoms with Crippen molar-refractivity contribution >= 4 is 27.5 Å². The van der Waals surface area contributed by atoms with Gasteiger partial charge >= 0.3 is 0 Å².